The molecule has 1 fully saturated rings. The molecule has 0 saturated carbocycles. The first kappa shape index (κ1) is 24.2. The SMILES string of the molecule is CCN(CC)CCCNC(=NC)NC1CN(C(=O)OC(C)(C)C)C1.I. The molecule has 2 N–H and O–H groups in total. The van der Waals surface area contributed by atoms with E-state index in [0.717, 1.165) is 38.6 Å². The fourth-order valence-corrected chi connectivity index (χ4v) is 2.48. The van der Waals surface area contributed by atoms with Gasteiger partial charge in [0, 0.05) is 26.7 Å². The second-order valence-corrected chi connectivity index (χ2v) is 7.11. The summed E-state index contributed by atoms with van der Waals surface area (Å²) in [4.78, 5) is 20.3. The molecular weight excluding hydrogens is 433 g/mol. The van der Waals surface area contributed by atoms with Crippen molar-refractivity contribution in [1.82, 2.24) is 20.4 Å². The van der Waals surface area contributed by atoms with Crippen molar-refractivity contribution in [1.29, 1.82) is 0 Å². The lowest BCUT2D eigenvalue weighted by Gasteiger charge is -2.40. The Morgan fingerprint density at radius 1 is 1.28 bits per heavy atom. The summed E-state index contributed by atoms with van der Waals surface area (Å²) in [6.45, 7) is 15.5. The van der Waals surface area contributed by atoms with Crippen LogP contribution < -0.4 is 10.6 Å². The average molecular weight is 469 g/mol. The smallest absolute Gasteiger partial charge is 0.410 e. The number of hydrogen-bond acceptors (Lipinski definition) is 4. The number of hydrogen-bond donors (Lipinski definition) is 2. The van der Waals surface area contributed by atoms with Gasteiger partial charge in [-0.25, -0.2) is 4.79 Å². The van der Waals surface area contributed by atoms with Gasteiger partial charge in [-0.2, -0.15) is 0 Å². The van der Waals surface area contributed by atoms with Crippen molar-refractivity contribution < 1.29 is 9.53 Å². The number of nitrogens with one attached hydrogen (secondary N) is 2. The number of ether oxygens (including phenoxy) is 1. The van der Waals surface area contributed by atoms with E-state index in [9.17, 15) is 4.79 Å². The van der Waals surface area contributed by atoms with Gasteiger partial charge in [-0.3, -0.25) is 4.99 Å². The van der Waals surface area contributed by atoms with Gasteiger partial charge in [-0.05, 0) is 46.8 Å². The van der Waals surface area contributed by atoms with Crippen LogP contribution in [0.4, 0.5) is 4.79 Å². The van der Waals surface area contributed by atoms with Crippen molar-refractivity contribution in [2.45, 2.75) is 52.7 Å². The fraction of sp³-hybridized carbons (Fsp3) is 0.882. The number of amides is 1. The minimum Gasteiger partial charge on any atom is -0.444 e. The largest absolute Gasteiger partial charge is 0.444 e. The van der Waals surface area contributed by atoms with Crippen LogP contribution in [0.5, 0.6) is 0 Å². The monoisotopic (exact) mass is 469 g/mol. The Labute approximate surface area is 170 Å². The number of carbonyl (C=O) groups is 1. The zero-order valence-electron chi connectivity index (χ0n) is 16.6. The molecule has 1 rings (SSSR count). The van der Waals surface area contributed by atoms with Crippen molar-refractivity contribution in [3.8, 4) is 0 Å². The van der Waals surface area contributed by atoms with Crippen LogP contribution in [0.2, 0.25) is 0 Å². The normalized spacial score (nSPS) is 15.5. The Balaban J connectivity index is 0.00000576. The number of aliphatic imine (C=N–C) groups is 1. The lowest BCUT2D eigenvalue weighted by molar-refractivity contribution is 0.00701. The van der Waals surface area contributed by atoms with E-state index in [-0.39, 0.29) is 36.1 Å². The molecule has 1 aliphatic heterocycles. The molecule has 25 heavy (non-hydrogen) atoms. The second kappa shape index (κ2) is 11.8. The molecule has 0 aromatic carbocycles. The van der Waals surface area contributed by atoms with Crippen molar-refractivity contribution in [2.75, 3.05) is 46.3 Å². The van der Waals surface area contributed by atoms with E-state index in [0.29, 0.717) is 13.1 Å². The van der Waals surface area contributed by atoms with Gasteiger partial charge in [0.1, 0.15) is 5.60 Å². The van der Waals surface area contributed by atoms with Crippen LogP contribution in [0, 0.1) is 0 Å². The van der Waals surface area contributed by atoms with Gasteiger partial charge in [0.15, 0.2) is 5.96 Å². The number of halogens is 1. The molecule has 0 aliphatic carbocycles. The summed E-state index contributed by atoms with van der Waals surface area (Å²) in [6, 6.07) is 0.228. The zero-order chi connectivity index (χ0) is 18.2. The first-order valence-electron chi connectivity index (χ1n) is 8.96. The van der Waals surface area contributed by atoms with Gasteiger partial charge in [0.2, 0.25) is 0 Å². The lowest BCUT2D eigenvalue weighted by atomic mass is 10.1. The highest BCUT2D eigenvalue weighted by atomic mass is 127. The first-order chi connectivity index (χ1) is 11.3. The van der Waals surface area contributed by atoms with E-state index in [4.69, 9.17) is 4.74 Å². The van der Waals surface area contributed by atoms with Gasteiger partial charge in [0.25, 0.3) is 0 Å². The molecule has 0 aromatic heterocycles. The Kier molecular flexibility index (Phi) is 11.4. The molecule has 0 radical (unpaired) electrons. The summed E-state index contributed by atoms with van der Waals surface area (Å²) in [5.41, 5.74) is -0.446. The number of nitrogens with zero attached hydrogens (tertiary/aromatic N) is 3. The predicted octanol–water partition coefficient (Wildman–Crippen LogP) is 2.12. The summed E-state index contributed by atoms with van der Waals surface area (Å²) in [7, 11) is 1.77. The van der Waals surface area contributed by atoms with E-state index < -0.39 is 5.60 Å². The predicted molar refractivity (Wildman–Crippen MR) is 114 cm³/mol. The van der Waals surface area contributed by atoms with E-state index in [2.05, 4.69) is 34.4 Å². The van der Waals surface area contributed by atoms with Crippen molar-refractivity contribution in [3.63, 3.8) is 0 Å². The van der Waals surface area contributed by atoms with Crippen LogP contribution in [-0.2, 0) is 4.74 Å². The molecule has 148 valence electrons. The maximum absolute atomic E-state index is 11.9. The molecule has 1 aliphatic rings. The van der Waals surface area contributed by atoms with Crippen LogP contribution in [0.3, 0.4) is 0 Å². The van der Waals surface area contributed by atoms with Crippen LogP contribution >= 0.6 is 24.0 Å². The average Bonchev–Trinajstić information content (AvgIpc) is 2.46. The summed E-state index contributed by atoms with van der Waals surface area (Å²) < 4.78 is 5.35. The first-order valence-corrected chi connectivity index (χ1v) is 8.96. The third-order valence-corrected chi connectivity index (χ3v) is 3.94. The minimum absolute atomic E-state index is 0. The van der Waals surface area contributed by atoms with Gasteiger partial charge >= 0.3 is 6.09 Å². The van der Waals surface area contributed by atoms with Crippen LogP contribution in [0.25, 0.3) is 0 Å². The highest BCUT2D eigenvalue weighted by molar-refractivity contribution is 14.0. The highest BCUT2D eigenvalue weighted by Gasteiger charge is 2.34. The van der Waals surface area contributed by atoms with Crippen molar-refractivity contribution in [2.24, 2.45) is 4.99 Å². The number of carbonyl (C=O) groups excluding carboxylic acids is 1. The van der Waals surface area contributed by atoms with Gasteiger partial charge < -0.3 is 25.2 Å². The Morgan fingerprint density at radius 2 is 1.88 bits per heavy atom. The molecule has 0 aromatic rings. The molecule has 0 bridgehead atoms. The maximum Gasteiger partial charge on any atom is 0.410 e. The Morgan fingerprint density at radius 3 is 2.36 bits per heavy atom. The van der Waals surface area contributed by atoms with Gasteiger partial charge in [0.05, 0.1) is 6.04 Å². The third-order valence-electron chi connectivity index (χ3n) is 3.94. The standard InChI is InChI=1S/C17H35N5O2.HI/c1-7-21(8-2)11-9-10-19-15(18-6)20-14-12-22(13-14)16(23)24-17(3,4)5;/h14H,7-13H2,1-6H3,(H2,18,19,20);1H. The van der Waals surface area contributed by atoms with Crippen LogP contribution in [-0.4, -0.2) is 79.8 Å². The molecular formula is C17H36IN5O2. The van der Waals surface area contributed by atoms with E-state index in [1.165, 1.54) is 0 Å². The molecule has 8 heteroatoms. The van der Waals surface area contributed by atoms with Crippen molar-refractivity contribution in [3.05, 3.63) is 0 Å². The maximum atomic E-state index is 11.9. The molecule has 1 amide bonds. The highest BCUT2D eigenvalue weighted by Crippen LogP contribution is 2.15. The molecule has 1 saturated heterocycles. The second-order valence-electron chi connectivity index (χ2n) is 7.11. The summed E-state index contributed by atoms with van der Waals surface area (Å²) in [6.07, 6.45) is 0.833. The van der Waals surface area contributed by atoms with E-state index >= 15 is 0 Å². The van der Waals surface area contributed by atoms with Crippen LogP contribution in [0.15, 0.2) is 4.99 Å². The lowest BCUT2D eigenvalue weighted by Crippen LogP contribution is -2.63. The molecule has 1 heterocycles. The Hall–Kier alpha value is -0.770. The zero-order valence-corrected chi connectivity index (χ0v) is 18.9. The summed E-state index contributed by atoms with van der Waals surface area (Å²) >= 11 is 0. The Bertz CT molecular complexity index is 416. The summed E-state index contributed by atoms with van der Waals surface area (Å²) in [5.74, 6) is 0.795. The molecule has 0 spiro atoms. The summed E-state index contributed by atoms with van der Waals surface area (Å²) in [5, 5.41) is 6.67. The molecule has 7 nitrogen and oxygen atoms in total. The fourth-order valence-electron chi connectivity index (χ4n) is 2.48. The minimum atomic E-state index is -0.446. The quantitative estimate of drug-likeness (QED) is 0.259. The van der Waals surface area contributed by atoms with E-state index in [1.807, 2.05) is 20.8 Å². The van der Waals surface area contributed by atoms with E-state index in [1.54, 1.807) is 11.9 Å². The van der Waals surface area contributed by atoms with Crippen molar-refractivity contribution >= 4 is 36.0 Å². The van der Waals surface area contributed by atoms with Gasteiger partial charge in [-0.1, -0.05) is 13.8 Å². The third kappa shape index (κ3) is 9.48. The van der Waals surface area contributed by atoms with Crippen LogP contribution in [0.1, 0.15) is 41.0 Å². The molecule has 0 unspecified atom stereocenters. The number of likely N-dealkylation sites (tertiary alicyclic amines) is 1. The topological polar surface area (TPSA) is 69.2 Å². The number of rotatable bonds is 7. The van der Waals surface area contributed by atoms with Gasteiger partial charge in [-0.15, -0.1) is 24.0 Å². The number of guanidine groups is 1. The molecule has 0 atom stereocenters.